The number of β-lactam (4-membered cyclic amide) rings is 1. The van der Waals surface area contributed by atoms with E-state index in [0.29, 0.717) is 35.7 Å². The minimum Gasteiger partial charge on any atom is -0.477 e. The van der Waals surface area contributed by atoms with Gasteiger partial charge in [0.25, 0.3) is 11.8 Å². The van der Waals surface area contributed by atoms with Gasteiger partial charge in [-0.1, -0.05) is 5.16 Å². The second kappa shape index (κ2) is 8.25. The normalized spacial score (nSPS) is 24.2. The molecular weight excluding hydrogens is 452 g/mol. The van der Waals surface area contributed by atoms with Crippen molar-refractivity contribution in [2.45, 2.75) is 51.1 Å². The largest absolute Gasteiger partial charge is 0.477 e. The van der Waals surface area contributed by atoms with Gasteiger partial charge in [0.2, 0.25) is 0 Å². The number of hydrogen-bond donors (Lipinski definition) is 2. The number of allylic oxidation sites excluding steroid dienone is 1. The molecule has 2 N–H and O–H groups in total. The fourth-order valence-electron chi connectivity index (χ4n) is 3.85. The molecule has 11 nitrogen and oxygen atoms in total. The predicted octanol–water partition coefficient (Wildman–Crippen LogP) is 1.79. The van der Waals surface area contributed by atoms with Crippen molar-refractivity contribution >= 4 is 41.5 Å². The lowest BCUT2D eigenvalue weighted by atomic mass is 10.0. The van der Waals surface area contributed by atoms with Crippen LogP contribution in [-0.2, 0) is 19.1 Å². The Balaban J connectivity index is 1.54. The van der Waals surface area contributed by atoms with Gasteiger partial charge in [0.1, 0.15) is 28.5 Å². The van der Waals surface area contributed by atoms with E-state index in [-0.39, 0.29) is 17.4 Å². The van der Waals surface area contributed by atoms with Crippen LogP contribution in [0.4, 0.5) is 10.6 Å². The zero-order valence-electron chi connectivity index (χ0n) is 18.6. The maximum Gasteiger partial charge on any atom is 0.408 e. The topological polar surface area (TPSA) is 142 Å². The Morgan fingerprint density at radius 3 is 2.70 bits per heavy atom. The zero-order valence-corrected chi connectivity index (χ0v) is 19.4. The van der Waals surface area contributed by atoms with Gasteiger partial charge in [-0.2, -0.15) is 0 Å². The number of hydrogen-bond acceptors (Lipinski definition) is 8. The maximum absolute atomic E-state index is 12.8. The standard InChI is InChI=1S/C21H24N4O7S/c1-10-7-13(23-32-10)24-6-5-11(16(24)26)8-12-9-33-18-14(22-20(30)31-21(2,3)4)17(27)25(18)15(12)19(28)29/h7-8,14,18H,5-6,9H2,1-4H3,(H,22,30)(H,28,29)/b11-8+/t14-,18-/m1/s1. The zero-order chi connectivity index (χ0) is 24.1. The third kappa shape index (κ3) is 4.34. The first-order valence-corrected chi connectivity index (χ1v) is 11.4. The van der Waals surface area contributed by atoms with E-state index in [1.807, 2.05) is 0 Å². The molecule has 3 amide bonds. The Morgan fingerprint density at radius 1 is 1.36 bits per heavy atom. The molecule has 3 aliphatic heterocycles. The van der Waals surface area contributed by atoms with E-state index in [2.05, 4.69) is 10.5 Å². The molecule has 2 atom stereocenters. The molecule has 4 heterocycles. The number of carboxylic acid groups (broad SMARTS) is 1. The number of aromatic nitrogens is 1. The molecule has 0 spiro atoms. The van der Waals surface area contributed by atoms with Gasteiger partial charge < -0.3 is 19.7 Å². The molecular formula is C21H24N4O7S. The molecule has 0 aliphatic carbocycles. The van der Waals surface area contributed by atoms with E-state index in [1.165, 1.54) is 16.7 Å². The second-order valence-electron chi connectivity index (χ2n) is 8.88. The van der Waals surface area contributed by atoms with E-state index >= 15 is 0 Å². The number of fused-ring (bicyclic) bond motifs is 1. The van der Waals surface area contributed by atoms with Crippen LogP contribution in [0, 0.1) is 6.92 Å². The summed E-state index contributed by atoms with van der Waals surface area (Å²) < 4.78 is 10.2. The van der Waals surface area contributed by atoms with Crippen molar-refractivity contribution in [2.24, 2.45) is 0 Å². The second-order valence-corrected chi connectivity index (χ2v) is 9.99. The summed E-state index contributed by atoms with van der Waals surface area (Å²) in [7, 11) is 0. The van der Waals surface area contributed by atoms with Crippen molar-refractivity contribution in [3.63, 3.8) is 0 Å². The number of carboxylic acids is 1. The lowest BCUT2D eigenvalue weighted by Crippen LogP contribution is -2.70. The van der Waals surface area contributed by atoms with Crippen molar-refractivity contribution in [1.29, 1.82) is 0 Å². The number of thioether (sulfide) groups is 1. The summed E-state index contributed by atoms with van der Waals surface area (Å²) in [6.45, 7) is 7.24. The van der Waals surface area contributed by atoms with Crippen molar-refractivity contribution in [3.8, 4) is 0 Å². The van der Waals surface area contributed by atoms with Crippen LogP contribution in [0.3, 0.4) is 0 Å². The van der Waals surface area contributed by atoms with Gasteiger partial charge in [-0.15, -0.1) is 11.8 Å². The van der Waals surface area contributed by atoms with E-state index in [0.717, 1.165) is 4.90 Å². The van der Waals surface area contributed by atoms with E-state index < -0.39 is 35.0 Å². The molecule has 3 aliphatic rings. The lowest BCUT2D eigenvalue weighted by Gasteiger charge is -2.49. The third-order valence-corrected chi connectivity index (χ3v) is 6.54. The third-order valence-electron chi connectivity index (χ3n) is 5.24. The summed E-state index contributed by atoms with van der Waals surface area (Å²) in [5.41, 5.74) is -0.107. The Morgan fingerprint density at radius 2 is 2.09 bits per heavy atom. The number of nitrogens with one attached hydrogen (secondary N) is 1. The Kier molecular flexibility index (Phi) is 5.72. The number of alkyl carbamates (subject to hydrolysis) is 1. The summed E-state index contributed by atoms with van der Waals surface area (Å²) in [6, 6.07) is 0.771. The number of carbonyl (C=O) groups is 4. The molecule has 33 heavy (non-hydrogen) atoms. The van der Waals surface area contributed by atoms with Crippen molar-refractivity contribution < 1.29 is 33.5 Å². The molecule has 1 aromatic rings. The van der Waals surface area contributed by atoms with Crippen LogP contribution in [0.25, 0.3) is 0 Å². The van der Waals surface area contributed by atoms with Crippen LogP contribution in [-0.4, -0.2) is 68.4 Å². The van der Waals surface area contributed by atoms with Gasteiger partial charge >= 0.3 is 12.1 Å². The van der Waals surface area contributed by atoms with Gasteiger partial charge in [-0.3, -0.25) is 19.4 Å². The van der Waals surface area contributed by atoms with Crippen LogP contribution in [0.1, 0.15) is 33.0 Å². The average molecular weight is 477 g/mol. The van der Waals surface area contributed by atoms with Crippen molar-refractivity contribution in [2.75, 3.05) is 17.2 Å². The maximum atomic E-state index is 12.8. The summed E-state index contributed by atoms with van der Waals surface area (Å²) in [5, 5.41) is 15.6. The minimum absolute atomic E-state index is 0.179. The number of nitrogens with zero attached hydrogens (tertiary/aromatic N) is 3. The molecule has 2 saturated heterocycles. The molecule has 0 radical (unpaired) electrons. The van der Waals surface area contributed by atoms with Gasteiger partial charge in [0, 0.05) is 23.9 Å². The smallest absolute Gasteiger partial charge is 0.408 e. The van der Waals surface area contributed by atoms with E-state index in [1.54, 1.807) is 39.8 Å². The summed E-state index contributed by atoms with van der Waals surface area (Å²) >= 11 is 1.32. The molecule has 176 valence electrons. The Labute approximate surface area is 193 Å². The van der Waals surface area contributed by atoms with E-state index in [4.69, 9.17) is 9.26 Å². The summed E-state index contributed by atoms with van der Waals surface area (Å²) in [6.07, 6.45) is 1.21. The summed E-state index contributed by atoms with van der Waals surface area (Å²) in [4.78, 5) is 52.3. The first-order chi connectivity index (χ1) is 15.5. The fraction of sp³-hybridized carbons (Fsp3) is 0.476. The van der Waals surface area contributed by atoms with Gasteiger partial charge in [0.15, 0.2) is 5.82 Å². The number of amides is 3. The highest BCUT2D eigenvalue weighted by Gasteiger charge is 2.54. The first-order valence-electron chi connectivity index (χ1n) is 10.3. The van der Waals surface area contributed by atoms with Gasteiger partial charge in [-0.05, 0) is 45.8 Å². The number of anilines is 1. The number of carbonyl (C=O) groups excluding carboxylic acids is 3. The highest BCUT2D eigenvalue weighted by molar-refractivity contribution is 8.00. The van der Waals surface area contributed by atoms with Gasteiger partial charge in [0.05, 0.1) is 0 Å². The van der Waals surface area contributed by atoms with Crippen LogP contribution >= 0.6 is 11.8 Å². The van der Waals surface area contributed by atoms with Gasteiger partial charge in [-0.25, -0.2) is 9.59 Å². The fourth-order valence-corrected chi connectivity index (χ4v) is 5.15. The van der Waals surface area contributed by atoms with Crippen molar-refractivity contribution in [3.05, 3.63) is 34.7 Å². The highest BCUT2D eigenvalue weighted by Crippen LogP contribution is 2.41. The first kappa shape index (κ1) is 22.9. The number of aliphatic carboxylic acids is 1. The number of rotatable bonds is 4. The molecule has 4 rings (SSSR count). The molecule has 0 bridgehead atoms. The molecule has 2 fully saturated rings. The molecule has 0 saturated carbocycles. The van der Waals surface area contributed by atoms with Crippen molar-refractivity contribution in [1.82, 2.24) is 15.4 Å². The monoisotopic (exact) mass is 476 g/mol. The van der Waals surface area contributed by atoms with E-state index in [9.17, 15) is 24.3 Å². The Bertz CT molecular complexity index is 1100. The lowest BCUT2D eigenvalue weighted by molar-refractivity contribution is -0.149. The minimum atomic E-state index is -1.27. The molecule has 1 aromatic heterocycles. The quantitative estimate of drug-likeness (QED) is 0.491. The molecule has 0 unspecified atom stereocenters. The van der Waals surface area contributed by atoms with Crippen LogP contribution < -0.4 is 10.2 Å². The van der Waals surface area contributed by atoms with Crippen LogP contribution in [0.2, 0.25) is 0 Å². The predicted molar refractivity (Wildman–Crippen MR) is 117 cm³/mol. The Hall–Kier alpha value is -3.28. The molecule has 12 heteroatoms. The highest BCUT2D eigenvalue weighted by atomic mass is 32.2. The van der Waals surface area contributed by atoms with Crippen LogP contribution in [0.15, 0.2) is 33.5 Å². The number of ether oxygens (including phenoxy) is 1. The van der Waals surface area contributed by atoms with Crippen LogP contribution in [0.5, 0.6) is 0 Å². The SMILES string of the molecule is Cc1cc(N2CC/C(=C\C3=C(C(=O)O)N4C(=O)[C@@H](NC(=O)OC(C)(C)C)[C@H]4SC3)C2=O)no1. The summed E-state index contributed by atoms with van der Waals surface area (Å²) in [5.74, 6) is -0.851. The average Bonchev–Trinajstić information content (AvgIpc) is 3.30. The molecule has 0 aromatic carbocycles. The number of aryl methyl sites for hydroxylation is 1.